The zero-order valence-corrected chi connectivity index (χ0v) is 15.8. The largest absolute Gasteiger partial charge is 0.465 e. The molecule has 4 nitrogen and oxygen atoms in total. The summed E-state index contributed by atoms with van der Waals surface area (Å²) < 4.78 is 4.84. The lowest BCUT2D eigenvalue weighted by Gasteiger charge is -2.12. The van der Waals surface area contributed by atoms with E-state index < -0.39 is 0 Å². The molecule has 1 aromatic heterocycles. The summed E-state index contributed by atoms with van der Waals surface area (Å²) >= 11 is 0. The van der Waals surface area contributed by atoms with Gasteiger partial charge in [0, 0.05) is 45.6 Å². The van der Waals surface area contributed by atoms with E-state index in [0.717, 1.165) is 44.4 Å². The molecule has 1 aliphatic heterocycles. The molecule has 2 heterocycles. The number of H-pyrrole nitrogens is 1. The van der Waals surface area contributed by atoms with Crippen molar-refractivity contribution in [3.8, 4) is 0 Å². The van der Waals surface area contributed by atoms with Gasteiger partial charge in [0.05, 0.1) is 18.4 Å². The molecule has 0 fully saturated rings. The van der Waals surface area contributed by atoms with Crippen molar-refractivity contribution in [3.05, 3.63) is 101 Å². The molecule has 140 valence electrons. The number of aromatic nitrogens is 1. The summed E-state index contributed by atoms with van der Waals surface area (Å²) in [5.74, 6) is -0.342. The highest BCUT2D eigenvalue weighted by Crippen LogP contribution is 2.40. The number of aliphatic imine (C=N–C) groups is 1. The number of nitrogens with one attached hydrogen (secondary N) is 1. The summed E-state index contributed by atoms with van der Waals surface area (Å²) in [7, 11) is 1.39. The second-order valence-corrected chi connectivity index (χ2v) is 6.88. The zero-order valence-electron chi connectivity index (χ0n) is 15.8. The van der Waals surface area contributed by atoms with E-state index in [1.165, 1.54) is 7.11 Å². The van der Waals surface area contributed by atoms with Crippen LogP contribution in [0.1, 0.15) is 27.0 Å². The summed E-state index contributed by atoms with van der Waals surface area (Å²) in [6.45, 7) is 0. The Morgan fingerprint density at radius 1 is 0.897 bits per heavy atom. The van der Waals surface area contributed by atoms with Gasteiger partial charge in [-0.05, 0) is 29.8 Å². The molecule has 0 saturated heterocycles. The Hall–Kier alpha value is -3.92. The number of carbonyl (C=O) groups excluding carboxylic acids is 1. The van der Waals surface area contributed by atoms with Crippen LogP contribution in [0.3, 0.4) is 0 Å². The molecule has 3 aromatic carbocycles. The van der Waals surface area contributed by atoms with Crippen LogP contribution in [0.5, 0.6) is 0 Å². The number of esters is 1. The number of allylic oxidation sites excluding steroid dienone is 1. The molecule has 0 spiro atoms. The van der Waals surface area contributed by atoms with Gasteiger partial charge in [0.2, 0.25) is 0 Å². The Kier molecular flexibility index (Phi) is 4.10. The maximum Gasteiger partial charge on any atom is 0.337 e. The number of rotatable bonds is 3. The lowest BCUT2D eigenvalue weighted by atomic mass is 9.90. The number of benzene rings is 3. The van der Waals surface area contributed by atoms with Crippen LogP contribution in [0.15, 0.2) is 84.0 Å². The SMILES string of the molecule is COC(=O)c1ccc(C(=C2C=Nc3ccccc32)c2c[nH]c3ccccc23)cc1. The summed E-state index contributed by atoms with van der Waals surface area (Å²) in [6, 6.07) is 23.9. The lowest BCUT2D eigenvalue weighted by Crippen LogP contribution is -2.01. The molecule has 4 heteroatoms. The third-order valence-electron chi connectivity index (χ3n) is 5.25. The van der Waals surface area contributed by atoms with Crippen molar-refractivity contribution in [2.24, 2.45) is 4.99 Å². The zero-order chi connectivity index (χ0) is 19.8. The van der Waals surface area contributed by atoms with Crippen molar-refractivity contribution >= 4 is 39.9 Å². The van der Waals surface area contributed by atoms with Gasteiger partial charge in [-0.3, -0.25) is 4.99 Å². The third kappa shape index (κ3) is 2.86. The van der Waals surface area contributed by atoms with Crippen molar-refractivity contribution in [2.75, 3.05) is 7.11 Å². The second-order valence-electron chi connectivity index (χ2n) is 6.88. The topological polar surface area (TPSA) is 54.4 Å². The van der Waals surface area contributed by atoms with Gasteiger partial charge >= 0.3 is 5.97 Å². The molecule has 0 saturated carbocycles. The molecule has 0 bridgehead atoms. The number of carbonyl (C=O) groups is 1. The van der Waals surface area contributed by atoms with E-state index in [9.17, 15) is 4.79 Å². The average Bonchev–Trinajstić information content (AvgIpc) is 3.39. The van der Waals surface area contributed by atoms with Gasteiger partial charge in [0.1, 0.15) is 0 Å². The number of fused-ring (bicyclic) bond motifs is 2. The van der Waals surface area contributed by atoms with Crippen LogP contribution in [0.2, 0.25) is 0 Å². The number of methoxy groups -OCH3 is 1. The van der Waals surface area contributed by atoms with Crippen molar-refractivity contribution in [1.29, 1.82) is 0 Å². The van der Waals surface area contributed by atoms with Crippen LogP contribution < -0.4 is 0 Å². The first-order valence-corrected chi connectivity index (χ1v) is 9.39. The van der Waals surface area contributed by atoms with Gasteiger partial charge < -0.3 is 9.72 Å². The molecule has 0 amide bonds. The Balaban J connectivity index is 1.77. The fraction of sp³-hybridized carbons (Fsp3) is 0.0400. The van der Waals surface area contributed by atoms with Crippen molar-refractivity contribution < 1.29 is 9.53 Å². The van der Waals surface area contributed by atoms with Crippen LogP contribution in [0.25, 0.3) is 22.0 Å². The number of ether oxygens (including phenoxy) is 1. The van der Waals surface area contributed by atoms with Crippen LogP contribution in [-0.2, 0) is 4.74 Å². The normalized spacial score (nSPS) is 14.1. The lowest BCUT2D eigenvalue weighted by molar-refractivity contribution is 0.0600. The van der Waals surface area contributed by atoms with E-state index >= 15 is 0 Å². The summed E-state index contributed by atoms with van der Waals surface area (Å²) in [5.41, 5.74) is 7.93. The quantitative estimate of drug-likeness (QED) is 0.470. The average molecular weight is 378 g/mol. The Bertz CT molecular complexity index is 1290. The maximum atomic E-state index is 11.9. The predicted molar refractivity (Wildman–Crippen MR) is 117 cm³/mol. The summed E-state index contributed by atoms with van der Waals surface area (Å²) in [6.07, 6.45) is 3.96. The monoisotopic (exact) mass is 378 g/mol. The fourth-order valence-corrected chi connectivity index (χ4v) is 3.84. The minimum Gasteiger partial charge on any atom is -0.465 e. The van der Waals surface area contributed by atoms with E-state index in [1.807, 2.05) is 54.9 Å². The molecule has 1 aliphatic rings. The van der Waals surface area contributed by atoms with Crippen LogP contribution in [0, 0.1) is 0 Å². The van der Waals surface area contributed by atoms with E-state index in [-0.39, 0.29) is 5.97 Å². The van der Waals surface area contributed by atoms with E-state index in [2.05, 4.69) is 28.2 Å². The van der Waals surface area contributed by atoms with Crippen molar-refractivity contribution in [2.45, 2.75) is 0 Å². The van der Waals surface area contributed by atoms with Crippen LogP contribution in [0.4, 0.5) is 5.69 Å². The number of hydrogen-bond donors (Lipinski definition) is 1. The first-order valence-electron chi connectivity index (χ1n) is 9.39. The molecule has 0 aliphatic carbocycles. The molecular weight excluding hydrogens is 360 g/mol. The molecule has 29 heavy (non-hydrogen) atoms. The van der Waals surface area contributed by atoms with Crippen molar-refractivity contribution in [1.82, 2.24) is 4.98 Å². The van der Waals surface area contributed by atoms with E-state index in [1.54, 1.807) is 12.1 Å². The maximum absolute atomic E-state index is 11.9. The van der Waals surface area contributed by atoms with Crippen molar-refractivity contribution in [3.63, 3.8) is 0 Å². The van der Waals surface area contributed by atoms with Gasteiger partial charge in [-0.1, -0.05) is 48.5 Å². The molecule has 0 radical (unpaired) electrons. The summed E-state index contributed by atoms with van der Waals surface area (Å²) in [5, 5.41) is 1.14. The third-order valence-corrected chi connectivity index (χ3v) is 5.25. The minimum atomic E-state index is -0.342. The van der Waals surface area contributed by atoms with Gasteiger partial charge in [0.25, 0.3) is 0 Å². The molecular formula is C25H18N2O2. The number of para-hydroxylation sites is 2. The number of aromatic amines is 1. The van der Waals surface area contributed by atoms with Gasteiger partial charge in [-0.2, -0.15) is 0 Å². The second kappa shape index (κ2) is 6.91. The molecule has 4 aromatic rings. The Morgan fingerprint density at radius 2 is 1.62 bits per heavy atom. The van der Waals surface area contributed by atoms with Gasteiger partial charge in [-0.25, -0.2) is 4.79 Å². The predicted octanol–water partition coefficient (Wildman–Crippen LogP) is 5.63. The van der Waals surface area contributed by atoms with Gasteiger partial charge in [-0.15, -0.1) is 0 Å². The highest BCUT2D eigenvalue weighted by Gasteiger charge is 2.21. The minimum absolute atomic E-state index is 0.342. The molecule has 5 rings (SSSR count). The van der Waals surface area contributed by atoms with Gasteiger partial charge in [0.15, 0.2) is 0 Å². The number of hydrogen-bond acceptors (Lipinski definition) is 3. The summed E-state index contributed by atoms with van der Waals surface area (Å²) in [4.78, 5) is 19.8. The number of nitrogens with zero attached hydrogens (tertiary/aromatic N) is 1. The smallest absolute Gasteiger partial charge is 0.337 e. The highest BCUT2D eigenvalue weighted by atomic mass is 16.5. The highest BCUT2D eigenvalue weighted by molar-refractivity contribution is 6.27. The first kappa shape index (κ1) is 17.2. The first-order chi connectivity index (χ1) is 14.3. The fourth-order valence-electron chi connectivity index (χ4n) is 3.84. The van der Waals surface area contributed by atoms with Crippen LogP contribution >= 0.6 is 0 Å². The molecule has 1 N–H and O–H groups in total. The molecule has 0 unspecified atom stereocenters. The van der Waals surface area contributed by atoms with E-state index in [4.69, 9.17) is 4.74 Å². The Labute approximate surface area is 168 Å². The Morgan fingerprint density at radius 3 is 2.45 bits per heavy atom. The van der Waals surface area contributed by atoms with E-state index in [0.29, 0.717) is 5.56 Å². The standard InChI is InChI=1S/C25H18N2O2/c1-29-25(28)17-12-10-16(11-13-17)24(20-14-26-22-8-4-2-6-18(20)22)21-15-27-23-9-5-3-7-19(21)23/h2-15,26H,1H3. The van der Waals surface area contributed by atoms with Crippen LogP contribution in [-0.4, -0.2) is 24.3 Å². The molecule has 0 atom stereocenters.